The quantitative estimate of drug-likeness (QED) is 0.861. The number of nitrogens with one attached hydrogen (secondary N) is 1. The van der Waals surface area contributed by atoms with Crippen LogP contribution in [0.1, 0.15) is 40.2 Å². The Balaban J connectivity index is 2.40. The molecule has 0 atom stereocenters. The summed E-state index contributed by atoms with van der Waals surface area (Å²) in [6.45, 7) is -0.309. The van der Waals surface area contributed by atoms with Crippen molar-refractivity contribution in [1.29, 1.82) is 0 Å². The van der Waals surface area contributed by atoms with Crippen LogP contribution in [0.5, 0.6) is 0 Å². The third-order valence-electron chi connectivity index (χ3n) is 2.94. The molecule has 1 aliphatic carbocycles. The SMILES string of the molecule is CS(=O)(=O)NC(=O)c1cc(C2CC2)c(CO)cc1F. The maximum atomic E-state index is 13.8. The normalized spacial score (nSPS) is 15.3. The number of hydrogen-bond acceptors (Lipinski definition) is 4. The van der Waals surface area contributed by atoms with Crippen LogP contribution in [0.2, 0.25) is 0 Å². The molecular weight excluding hydrogens is 273 g/mol. The number of carbonyl (C=O) groups is 1. The van der Waals surface area contributed by atoms with Crippen molar-refractivity contribution < 1.29 is 22.7 Å². The highest BCUT2D eigenvalue weighted by Gasteiger charge is 2.28. The van der Waals surface area contributed by atoms with E-state index in [0.717, 1.165) is 25.2 Å². The molecule has 2 rings (SSSR count). The highest BCUT2D eigenvalue weighted by molar-refractivity contribution is 7.89. The summed E-state index contributed by atoms with van der Waals surface area (Å²) >= 11 is 0. The molecule has 0 saturated heterocycles. The van der Waals surface area contributed by atoms with E-state index in [1.165, 1.54) is 6.07 Å². The first-order valence-electron chi connectivity index (χ1n) is 5.77. The molecule has 1 amide bonds. The standard InChI is InChI=1S/C12H14FNO4S/c1-19(17,18)14-12(16)10-5-9(7-2-3-7)8(6-15)4-11(10)13/h4-5,7,15H,2-3,6H2,1H3,(H,14,16). The van der Waals surface area contributed by atoms with Crippen molar-refractivity contribution in [1.82, 2.24) is 4.72 Å². The maximum absolute atomic E-state index is 13.8. The lowest BCUT2D eigenvalue weighted by atomic mass is 9.99. The van der Waals surface area contributed by atoms with Crippen molar-refractivity contribution in [2.45, 2.75) is 25.4 Å². The van der Waals surface area contributed by atoms with Crippen molar-refractivity contribution in [3.8, 4) is 0 Å². The van der Waals surface area contributed by atoms with Gasteiger partial charge in [-0.05, 0) is 42.0 Å². The Bertz CT molecular complexity index is 623. The van der Waals surface area contributed by atoms with E-state index >= 15 is 0 Å². The Hall–Kier alpha value is -1.47. The predicted octanol–water partition coefficient (Wildman–Crippen LogP) is 0.885. The first-order chi connectivity index (χ1) is 8.81. The van der Waals surface area contributed by atoms with Gasteiger partial charge in [-0.15, -0.1) is 0 Å². The number of rotatable bonds is 4. The molecule has 7 heteroatoms. The zero-order chi connectivity index (χ0) is 14.2. The zero-order valence-electron chi connectivity index (χ0n) is 10.3. The average Bonchev–Trinajstić information content (AvgIpc) is 3.09. The fourth-order valence-corrected chi connectivity index (χ4v) is 2.39. The molecule has 19 heavy (non-hydrogen) atoms. The van der Waals surface area contributed by atoms with Gasteiger partial charge in [0.25, 0.3) is 5.91 Å². The van der Waals surface area contributed by atoms with E-state index in [1.54, 1.807) is 4.72 Å². The van der Waals surface area contributed by atoms with Crippen molar-refractivity contribution in [2.75, 3.05) is 6.26 Å². The van der Waals surface area contributed by atoms with Gasteiger partial charge in [0.15, 0.2) is 0 Å². The van der Waals surface area contributed by atoms with Crippen molar-refractivity contribution >= 4 is 15.9 Å². The summed E-state index contributed by atoms with van der Waals surface area (Å²) in [4.78, 5) is 11.7. The highest BCUT2D eigenvalue weighted by atomic mass is 32.2. The molecule has 2 N–H and O–H groups in total. The number of sulfonamides is 1. The van der Waals surface area contributed by atoms with Crippen LogP contribution < -0.4 is 4.72 Å². The van der Waals surface area contributed by atoms with E-state index in [2.05, 4.69) is 0 Å². The van der Waals surface area contributed by atoms with Crippen LogP contribution in [-0.4, -0.2) is 25.7 Å². The van der Waals surface area contributed by atoms with Gasteiger partial charge in [0, 0.05) is 0 Å². The minimum Gasteiger partial charge on any atom is -0.392 e. The number of hydrogen-bond donors (Lipinski definition) is 2. The molecule has 1 saturated carbocycles. The van der Waals surface area contributed by atoms with E-state index in [1.807, 2.05) is 0 Å². The van der Waals surface area contributed by atoms with Crippen LogP contribution in [0.4, 0.5) is 4.39 Å². The number of halogens is 1. The van der Waals surface area contributed by atoms with Crippen molar-refractivity contribution in [2.24, 2.45) is 0 Å². The smallest absolute Gasteiger partial charge is 0.267 e. The van der Waals surface area contributed by atoms with E-state index in [0.29, 0.717) is 11.1 Å². The highest BCUT2D eigenvalue weighted by Crippen LogP contribution is 2.42. The van der Waals surface area contributed by atoms with Gasteiger partial charge >= 0.3 is 0 Å². The molecular formula is C12H14FNO4S. The second-order valence-electron chi connectivity index (χ2n) is 4.67. The lowest BCUT2D eigenvalue weighted by molar-refractivity contribution is 0.0977. The molecule has 1 aromatic carbocycles. The van der Waals surface area contributed by atoms with Gasteiger partial charge in [-0.3, -0.25) is 4.79 Å². The summed E-state index contributed by atoms with van der Waals surface area (Å²) in [5.41, 5.74) is 0.836. The molecule has 0 unspecified atom stereocenters. The number of aliphatic hydroxyl groups excluding tert-OH is 1. The van der Waals surface area contributed by atoms with E-state index < -0.39 is 21.7 Å². The van der Waals surface area contributed by atoms with Crippen molar-refractivity contribution in [3.63, 3.8) is 0 Å². The molecule has 104 valence electrons. The van der Waals surface area contributed by atoms with E-state index in [9.17, 15) is 22.7 Å². The molecule has 0 radical (unpaired) electrons. The largest absolute Gasteiger partial charge is 0.392 e. The first kappa shape index (κ1) is 14.0. The minimum absolute atomic E-state index is 0.215. The first-order valence-corrected chi connectivity index (χ1v) is 7.66. The third-order valence-corrected chi connectivity index (χ3v) is 3.50. The average molecular weight is 287 g/mol. The minimum atomic E-state index is -3.74. The Morgan fingerprint density at radius 1 is 1.47 bits per heavy atom. The van der Waals surface area contributed by atoms with Gasteiger partial charge in [-0.1, -0.05) is 0 Å². The number of benzene rings is 1. The third kappa shape index (κ3) is 3.30. The summed E-state index contributed by atoms with van der Waals surface area (Å²) in [6.07, 6.45) is 2.67. The van der Waals surface area contributed by atoms with Crippen LogP contribution in [0.25, 0.3) is 0 Å². The Labute approximate surface area is 110 Å². The lowest BCUT2D eigenvalue weighted by Crippen LogP contribution is -2.30. The topological polar surface area (TPSA) is 83.5 Å². The second kappa shape index (κ2) is 4.90. The Kier molecular flexibility index (Phi) is 3.60. The van der Waals surface area contributed by atoms with Gasteiger partial charge in [0.1, 0.15) is 5.82 Å². The predicted molar refractivity (Wildman–Crippen MR) is 66.6 cm³/mol. The monoisotopic (exact) mass is 287 g/mol. The summed E-state index contributed by atoms with van der Waals surface area (Å²) in [5, 5.41) is 9.17. The van der Waals surface area contributed by atoms with Gasteiger partial charge in [0.2, 0.25) is 10.0 Å². The van der Waals surface area contributed by atoms with Crippen LogP contribution in [0, 0.1) is 5.82 Å². The van der Waals surface area contributed by atoms with Crippen LogP contribution in [0.15, 0.2) is 12.1 Å². The fraction of sp³-hybridized carbons (Fsp3) is 0.417. The van der Waals surface area contributed by atoms with Gasteiger partial charge in [-0.2, -0.15) is 0 Å². The van der Waals surface area contributed by atoms with Gasteiger partial charge < -0.3 is 5.11 Å². The molecule has 0 bridgehead atoms. The number of aliphatic hydroxyl groups is 1. The van der Waals surface area contributed by atoms with Crippen LogP contribution in [0.3, 0.4) is 0 Å². The molecule has 5 nitrogen and oxygen atoms in total. The zero-order valence-corrected chi connectivity index (χ0v) is 11.1. The lowest BCUT2D eigenvalue weighted by Gasteiger charge is -2.10. The second-order valence-corrected chi connectivity index (χ2v) is 6.42. The molecule has 1 aliphatic rings. The van der Waals surface area contributed by atoms with E-state index in [4.69, 9.17) is 0 Å². The number of carbonyl (C=O) groups excluding carboxylic acids is 1. The van der Waals surface area contributed by atoms with E-state index in [-0.39, 0.29) is 18.1 Å². The molecule has 1 fully saturated rings. The maximum Gasteiger partial charge on any atom is 0.267 e. The Morgan fingerprint density at radius 2 is 2.11 bits per heavy atom. The summed E-state index contributed by atoms with van der Waals surface area (Å²) < 4.78 is 37.5. The molecule has 0 aliphatic heterocycles. The number of amides is 1. The summed E-state index contributed by atoms with van der Waals surface area (Å²) in [5.74, 6) is -1.62. The van der Waals surface area contributed by atoms with Gasteiger partial charge in [-0.25, -0.2) is 17.5 Å². The Morgan fingerprint density at radius 3 is 2.58 bits per heavy atom. The van der Waals surface area contributed by atoms with Gasteiger partial charge in [0.05, 0.1) is 18.4 Å². The summed E-state index contributed by atoms with van der Waals surface area (Å²) in [6, 6.07) is 2.42. The van der Waals surface area contributed by atoms with Crippen LogP contribution in [-0.2, 0) is 16.6 Å². The van der Waals surface area contributed by atoms with Crippen LogP contribution >= 0.6 is 0 Å². The molecule has 0 heterocycles. The summed E-state index contributed by atoms with van der Waals surface area (Å²) in [7, 11) is -3.74. The molecule has 1 aromatic rings. The molecule has 0 spiro atoms. The van der Waals surface area contributed by atoms with Crippen molar-refractivity contribution in [3.05, 3.63) is 34.6 Å². The fourth-order valence-electron chi connectivity index (χ4n) is 1.94. The molecule has 0 aromatic heterocycles.